The van der Waals surface area contributed by atoms with Crippen molar-refractivity contribution < 1.29 is 13.6 Å². The Morgan fingerprint density at radius 2 is 2.00 bits per heavy atom. The van der Waals surface area contributed by atoms with E-state index in [0.29, 0.717) is 13.1 Å². The Hall–Kier alpha value is -2.21. The lowest BCUT2D eigenvalue weighted by atomic mass is 10.2. The maximum absolute atomic E-state index is 13.1. The molecule has 3 rings (SSSR count). The lowest BCUT2D eigenvalue weighted by molar-refractivity contribution is 0.0613. The van der Waals surface area contributed by atoms with E-state index < -0.39 is 5.95 Å². The summed E-state index contributed by atoms with van der Waals surface area (Å²) in [5.41, 5.74) is 0.162. The SMILES string of the molecule is O=C(c1cccc(F)n1)N1CCN(Cc2ccco2)CC1. The number of hydrogen-bond acceptors (Lipinski definition) is 4. The van der Waals surface area contributed by atoms with Gasteiger partial charge < -0.3 is 9.32 Å². The first kappa shape index (κ1) is 13.8. The lowest BCUT2D eigenvalue weighted by Gasteiger charge is -2.34. The fourth-order valence-electron chi connectivity index (χ4n) is 2.42. The number of nitrogens with zero attached hydrogens (tertiary/aromatic N) is 3. The molecule has 0 unspecified atom stereocenters. The third-order valence-corrected chi connectivity index (χ3v) is 3.55. The van der Waals surface area contributed by atoms with E-state index in [1.807, 2.05) is 12.1 Å². The Morgan fingerprint density at radius 1 is 1.19 bits per heavy atom. The minimum Gasteiger partial charge on any atom is -0.468 e. The highest BCUT2D eigenvalue weighted by Crippen LogP contribution is 2.11. The molecule has 5 nitrogen and oxygen atoms in total. The van der Waals surface area contributed by atoms with E-state index in [-0.39, 0.29) is 11.6 Å². The largest absolute Gasteiger partial charge is 0.468 e. The van der Waals surface area contributed by atoms with Crippen LogP contribution < -0.4 is 0 Å². The maximum Gasteiger partial charge on any atom is 0.272 e. The van der Waals surface area contributed by atoms with Gasteiger partial charge in [-0.1, -0.05) is 6.07 Å². The van der Waals surface area contributed by atoms with E-state index in [1.165, 1.54) is 12.1 Å². The molecule has 1 aliphatic heterocycles. The standard InChI is InChI=1S/C15H16FN3O2/c16-14-5-1-4-13(17-14)15(20)19-8-6-18(7-9-19)11-12-3-2-10-21-12/h1-5,10H,6-9,11H2. The quantitative estimate of drug-likeness (QED) is 0.808. The molecule has 0 N–H and O–H groups in total. The number of piperazine rings is 1. The van der Waals surface area contributed by atoms with Crippen molar-refractivity contribution in [1.82, 2.24) is 14.8 Å². The molecule has 0 radical (unpaired) electrons. The molecule has 0 atom stereocenters. The van der Waals surface area contributed by atoms with Gasteiger partial charge in [0, 0.05) is 26.2 Å². The fourth-order valence-corrected chi connectivity index (χ4v) is 2.42. The number of furan rings is 1. The van der Waals surface area contributed by atoms with Crippen LogP contribution in [-0.4, -0.2) is 46.9 Å². The van der Waals surface area contributed by atoms with E-state index in [9.17, 15) is 9.18 Å². The highest BCUT2D eigenvalue weighted by molar-refractivity contribution is 5.92. The summed E-state index contributed by atoms with van der Waals surface area (Å²) in [5, 5.41) is 0. The summed E-state index contributed by atoms with van der Waals surface area (Å²) in [5.74, 6) is 0.0750. The van der Waals surface area contributed by atoms with Gasteiger partial charge in [0.2, 0.25) is 5.95 Å². The van der Waals surface area contributed by atoms with E-state index in [1.54, 1.807) is 17.2 Å². The van der Waals surface area contributed by atoms with Crippen LogP contribution in [-0.2, 0) is 6.54 Å². The van der Waals surface area contributed by atoms with Gasteiger partial charge >= 0.3 is 0 Å². The molecule has 2 aromatic heterocycles. The second-order valence-electron chi connectivity index (χ2n) is 4.99. The van der Waals surface area contributed by atoms with Crippen molar-refractivity contribution >= 4 is 5.91 Å². The third kappa shape index (κ3) is 3.28. The molecule has 1 fully saturated rings. The van der Waals surface area contributed by atoms with Crippen LogP contribution in [0.25, 0.3) is 0 Å². The normalized spacial score (nSPS) is 16.1. The van der Waals surface area contributed by atoms with Gasteiger partial charge in [-0.05, 0) is 24.3 Å². The van der Waals surface area contributed by atoms with E-state index in [0.717, 1.165) is 25.4 Å². The molecule has 1 amide bonds. The summed E-state index contributed by atoms with van der Waals surface area (Å²) in [7, 11) is 0. The Kier molecular flexibility index (Phi) is 3.96. The van der Waals surface area contributed by atoms with Gasteiger partial charge in [0.05, 0.1) is 12.8 Å². The zero-order chi connectivity index (χ0) is 14.7. The van der Waals surface area contributed by atoms with E-state index >= 15 is 0 Å². The van der Waals surface area contributed by atoms with Crippen molar-refractivity contribution in [3.63, 3.8) is 0 Å². The van der Waals surface area contributed by atoms with Crippen molar-refractivity contribution in [2.45, 2.75) is 6.54 Å². The third-order valence-electron chi connectivity index (χ3n) is 3.55. The summed E-state index contributed by atoms with van der Waals surface area (Å²) in [6.45, 7) is 3.49. The number of hydrogen-bond donors (Lipinski definition) is 0. The Bertz CT molecular complexity index is 607. The molecule has 110 valence electrons. The lowest BCUT2D eigenvalue weighted by Crippen LogP contribution is -2.48. The van der Waals surface area contributed by atoms with E-state index in [2.05, 4.69) is 9.88 Å². The monoisotopic (exact) mass is 289 g/mol. The number of pyridine rings is 1. The predicted molar refractivity (Wildman–Crippen MR) is 74.1 cm³/mol. The molecule has 21 heavy (non-hydrogen) atoms. The van der Waals surface area contributed by atoms with Crippen LogP contribution in [0.4, 0.5) is 4.39 Å². The molecule has 1 aliphatic rings. The second-order valence-corrected chi connectivity index (χ2v) is 4.99. The Morgan fingerprint density at radius 3 is 2.67 bits per heavy atom. The minimum absolute atomic E-state index is 0.162. The zero-order valence-corrected chi connectivity index (χ0v) is 11.5. The first-order valence-corrected chi connectivity index (χ1v) is 6.89. The maximum atomic E-state index is 13.1. The molecule has 0 bridgehead atoms. The van der Waals surface area contributed by atoms with E-state index in [4.69, 9.17) is 4.42 Å². The highest BCUT2D eigenvalue weighted by Gasteiger charge is 2.23. The van der Waals surface area contributed by atoms with Crippen molar-refractivity contribution in [2.75, 3.05) is 26.2 Å². The first-order chi connectivity index (χ1) is 10.2. The van der Waals surface area contributed by atoms with Crippen molar-refractivity contribution in [3.8, 4) is 0 Å². The summed E-state index contributed by atoms with van der Waals surface area (Å²) in [6, 6.07) is 8.08. The molecular weight excluding hydrogens is 273 g/mol. The molecule has 1 saturated heterocycles. The van der Waals surface area contributed by atoms with Crippen molar-refractivity contribution in [1.29, 1.82) is 0 Å². The molecular formula is C15H16FN3O2. The smallest absolute Gasteiger partial charge is 0.272 e. The molecule has 0 saturated carbocycles. The molecule has 0 spiro atoms. The van der Waals surface area contributed by atoms with Crippen LogP contribution in [0.1, 0.15) is 16.2 Å². The summed E-state index contributed by atoms with van der Waals surface area (Å²) in [6.07, 6.45) is 1.66. The van der Waals surface area contributed by atoms with Gasteiger partial charge in [0.25, 0.3) is 5.91 Å². The second kappa shape index (κ2) is 6.05. The van der Waals surface area contributed by atoms with Crippen molar-refractivity contribution in [2.24, 2.45) is 0 Å². The predicted octanol–water partition coefficient (Wildman–Crippen LogP) is 1.77. The summed E-state index contributed by atoms with van der Waals surface area (Å²) >= 11 is 0. The first-order valence-electron chi connectivity index (χ1n) is 6.89. The number of amides is 1. The van der Waals surface area contributed by atoms with Gasteiger partial charge in [0.15, 0.2) is 0 Å². The fraction of sp³-hybridized carbons (Fsp3) is 0.333. The number of halogens is 1. The van der Waals surface area contributed by atoms with Crippen LogP contribution in [0.15, 0.2) is 41.0 Å². The molecule has 0 aliphatic carbocycles. The van der Waals surface area contributed by atoms with Crippen LogP contribution in [0.3, 0.4) is 0 Å². The minimum atomic E-state index is -0.627. The van der Waals surface area contributed by atoms with Gasteiger partial charge in [-0.25, -0.2) is 4.98 Å². The van der Waals surface area contributed by atoms with Crippen LogP contribution >= 0.6 is 0 Å². The Labute approximate surface area is 122 Å². The molecule has 2 aromatic rings. The molecule has 0 aromatic carbocycles. The Balaban J connectivity index is 1.57. The van der Waals surface area contributed by atoms with Gasteiger partial charge in [-0.3, -0.25) is 9.69 Å². The van der Waals surface area contributed by atoms with Crippen LogP contribution in [0, 0.1) is 5.95 Å². The van der Waals surface area contributed by atoms with Crippen LogP contribution in [0.2, 0.25) is 0 Å². The summed E-state index contributed by atoms with van der Waals surface area (Å²) in [4.78, 5) is 19.8. The van der Waals surface area contributed by atoms with Gasteiger partial charge in [-0.15, -0.1) is 0 Å². The van der Waals surface area contributed by atoms with Crippen molar-refractivity contribution in [3.05, 3.63) is 54.0 Å². The van der Waals surface area contributed by atoms with Gasteiger partial charge in [-0.2, -0.15) is 4.39 Å². The number of aromatic nitrogens is 1. The molecule has 3 heterocycles. The number of rotatable bonds is 3. The number of carbonyl (C=O) groups excluding carboxylic acids is 1. The highest BCUT2D eigenvalue weighted by atomic mass is 19.1. The zero-order valence-electron chi connectivity index (χ0n) is 11.5. The van der Waals surface area contributed by atoms with Gasteiger partial charge in [0.1, 0.15) is 11.5 Å². The topological polar surface area (TPSA) is 49.6 Å². The molecule has 6 heteroatoms. The summed E-state index contributed by atoms with van der Waals surface area (Å²) < 4.78 is 18.4. The average molecular weight is 289 g/mol. The van der Waals surface area contributed by atoms with Crippen LogP contribution in [0.5, 0.6) is 0 Å². The number of carbonyl (C=O) groups is 1. The average Bonchev–Trinajstić information content (AvgIpc) is 3.00.